The Morgan fingerprint density at radius 1 is 0.929 bits per heavy atom. The topological polar surface area (TPSA) is 69.6 Å². The predicted octanol–water partition coefficient (Wildman–Crippen LogP) is 2.52. The van der Waals surface area contributed by atoms with E-state index in [1.165, 1.54) is 4.90 Å². The maximum absolute atomic E-state index is 12.6. The first-order valence-electron chi connectivity index (χ1n) is 9.23. The lowest BCUT2D eigenvalue weighted by atomic mass is 10.0. The van der Waals surface area contributed by atoms with Gasteiger partial charge < -0.3 is 15.3 Å². The summed E-state index contributed by atoms with van der Waals surface area (Å²) in [4.78, 5) is 26.5. The largest absolute Gasteiger partial charge is 0.394 e. The zero-order valence-corrected chi connectivity index (χ0v) is 15.8. The maximum Gasteiger partial charge on any atom is 0.247 e. The summed E-state index contributed by atoms with van der Waals surface area (Å²) in [6.45, 7) is -0.0296. The van der Waals surface area contributed by atoms with Crippen LogP contribution in [0.2, 0.25) is 0 Å². The summed E-state index contributed by atoms with van der Waals surface area (Å²) >= 11 is 0. The number of fused-ring (bicyclic) bond motifs is 1. The summed E-state index contributed by atoms with van der Waals surface area (Å²) < 4.78 is 0. The van der Waals surface area contributed by atoms with Gasteiger partial charge in [-0.2, -0.15) is 0 Å². The van der Waals surface area contributed by atoms with Gasteiger partial charge in [0.05, 0.1) is 13.0 Å². The van der Waals surface area contributed by atoms with E-state index < -0.39 is 12.6 Å². The van der Waals surface area contributed by atoms with Crippen molar-refractivity contribution in [3.05, 3.63) is 83.9 Å². The lowest BCUT2D eigenvalue weighted by Gasteiger charge is -2.23. The number of carbonyl (C=O) groups is 2. The second-order valence-electron chi connectivity index (χ2n) is 6.84. The molecule has 0 heterocycles. The number of aliphatic hydroxyl groups excluding tert-OH is 1. The minimum atomic E-state index is -0.957. The van der Waals surface area contributed by atoms with Gasteiger partial charge in [0.2, 0.25) is 11.8 Å². The van der Waals surface area contributed by atoms with Gasteiger partial charge in [-0.1, -0.05) is 72.8 Å². The molecule has 0 saturated heterocycles. The van der Waals surface area contributed by atoms with Crippen molar-refractivity contribution in [2.75, 3.05) is 13.7 Å². The third-order valence-electron chi connectivity index (χ3n) is 4.63. The van der Waals surface area contributed by atoms with Crippen LogP contribution in [0.5, 0.6) is 0 Å². The van der Waals surface area contributed by atoms with Crippen LogP contribution in [-0.2, 0) is 22.6 Å². The van der Waals surface area contributed by atoms with Crippen LogP contribution in [-0.4, -0.2) is 41.5 Å². The highest BCUT2D eigenvalue weighted by Gasteiger charge is 2.23. The summed E-state index contributed by atoms with van der Waals surface area (Å²) in [5.41, 5.74) is 1.84. The molecule has 1 unspecified atom stereocenters. The van der Waals surface area contributed by atoms with Crippen LogP contribution in [0, 0.1) is 0 Å². The van der Waals surface area contributed by atoms with Crippen molar-refractivity contribution in [3.8, 4) is 0 Å². The highest BCUT2D eigenvalue weighted by Crippen LogP contribution is 2.16. The van der Waals surface area contributed by atoms with Crippen LogP contribution in [0.1, 0.15) is 11.1 Å². The molecular formula is C23H24N2O3. The van der Waals surface area contributed by atoms with Crippen molar-refractivity contribution in [2.24, 2.45) is 0 Å². The van der Waals surface area contributed by atoms with Crippen LogP contribution in [0.25, 0.3) is 10.8 Å². The molecule has 0 saturated carbocycles. The molecule has 2 amide bonds. The SMILES string of the molecule is CN(Cc1ccccc1)C(=O)C(CO)NC(=O)Cc1ccc2ccccc2c1. The Morgan fingerprint density at radius 2 is 1.61 bits per heavy atom. The molecule has 0 aliphatic carbocycles. The van der Waals surface area contributed by atoms with E-state index in [0.29, 0.717) is 6.54 Å². The van der Waals surface area contributed by atoms with Crippen LogP contribution in [0.3, 0.4) is 0 Å². The Bertz CT molecular complexity index is 956. The second kappa shape index (κ2) is 9.15. The smallest absolute Gasteiger partial charge is 0.247 e. The molecule has 3 aromatic rings. The molecule has 0 spiro atoms. The van der Waals surface area contributed by atoms with Crippen LogP contribution >= 0.6 is 0 Å². The van der Waals surface area contributed by atoms with E-state index in [4.69, 9.17) is 0 Å². The van der Waals surface area contributed by atoms with Crippen LogP contribution < -0.4 is 5.32 Å². The number of benzene rings is 3. The van der Waals surface area contributed by atoms with E-state index in [0.717, 1.165) is 21.9 Å². The Labute approximate surface area is 164 Å². The van der Waals surface area contributed by atoms with E-state index in [1.54, 1.807) is 7.05 Å². The van der Waals surface area contributed by atoms with Crippen molar-refractivity contribution in [1.82, 2.24) is 10.2 Å². The molecule has 144 valence electrons. The number of carbonyl (C=O) groups excluding carboxylic acids is 2. The van der Waals surface area contributed by atoms with Gasteiger partial charge >= 0.3 is 0 Å². The predicted molar refractivity (Wildman–Crippen MR) is 110 cm³/mol. The molecule has 5 nitrogen and oxygen atoms in total. The van der Waals surface area contributed by atoms with Crippen molar-refractivity contribution in [3.63, 3.8) is 0 Å². The van der Waals surface area contributed by atoms with E-state index in [1.807, 2.05) is 72.8 Å². The molecule has 0 aliphatic heterocycles. The second-order valence-corrected chi connectivity index (χ2v) is 6.84. The number of nitrogens with one attached hydrogen (secondary N) is 1. The van der Waals surface area contributed by atoms with E-state index in [2.05, 4.69) is 5.32 Å². The molecule has 5 heteroatoms. The van der Waals surface area contributed by atoms with Crippen molar-refractivity contribution < 1.29 is 14.7 Å². The standard InChI is InChI=1S/C23H24N2O3/c1-25(15-17-7-3-2-4-8-17)23(28)21(16-26)24-22(27)14-18-11-12-19-9-5-6-10-20(19)13-18/h2-13,21,26H,14-16H2,1H3,(H,24,27). The quantitative estimate of drug-likeness (QED) is 0.666. The van der Waals surface area contributed by atoms with E-state index in [-0.39, 0.29) is 18.2 Å². The summed E-state index contributed by atoms with van der Waals surface area (Å²) in [6, 6.07) is 22.4. The monoisotopic (exact) mass is 376 g/mol. The Kier molecular flexibility index (Phi) is 6.40. The first kappa shape index (κ1) is 19.6. The summed E-state index contributed by atoms with van der Waals surface area (Å²) in [5, 5.41) is 14.4. The average molecular weight is 376 g/mol. The van der Waals surface area contributed by atoms with Gasteiger partial charge in [-0.25, -0.2) is 0 Å². The molecule has 28 heavy (non-hydrogen) atoms. The molecule has 2 N–H and O–H groups in total. The zero-order chi connectivity index (χ0) is 19.9. The molecule has 3 aromatic carbocycles. The number of aliphatic hydroxyl groups is 1. The third-order valence-corrected chi connectivity index (χ3v) is 4.63. The van der Waals surface area contributed by atoms with Gasteiger partial charge in [0, 0.05) is 13.6 Å². The molecule has 0 fully saturated rings. The third kappa shape index (κ3) is 4.96. The molecule has 0 radical (unpaired) electrons. The van der Waals surface area contributed by atoms with Gasteiger partial charge in [-0.05, 0) is 21.9 Å². The Morgan fingerprint density at radius 3 is 2.32 bits per heavy atom. The molecule has 0 bridgehead atoms. The molecular weight excluding hydrogens is 352 g/mol. The lowest BCUT2D eigenvalue weighted by molar-refractivity contribution is -0.136. The summed E-state index contributed by atoms with van der Waals surface area (Å²) in [5.74, 6) is -0.617. The number of hydrogen-bond donors (Lipinski definition) is 2. The summed E-state index contributed by atoms with van der Waals surface area (Å²) in [7, 11) is 1.66. The molecule has 0 aliphatic rings. The fourth-order valence-corrected chi connectivity index (χ4v) is 3.17. The lowest BCUT2D eigenvalue weighted by Crippen LogP contribution is -2.49. The van der Waals surface area contributed by atoms with Crippen molar-refractivity contribution in [2.45, 2.75) is 19.0 Å². The van der Waals surface area contributed by atoms with Gasteiger partial charge in [0.1, 0.15) is 6.04 Å². The van der Waals surface area contributed by atoms with Crippen LogP contribution in [0.15, 0.2) is 72.8 Å². The van der Waals surface area contributed by atoms with Gasteiger partial charge in [-0.15, -0.1) is 0 Å². The zero-order valence-electron chi connectivity index (χ0n) is 15.8. The summed E-state index contributed by atoms with van der Waals surface area (Å²) in [6.07, 6.45) is 0.150. The van der Waals surface area contributed by atoms with Gasteiger partial charge in [0.25, 0.3) is 0 Å². The first-order chi connectivity index (χ1) is 13.6. The van der Waals surface area contributed by atoms with E-state index >= 15 is 0 Å². The van der Waals surface area contributed by atoms with Gasteiger partial charge in [0.15, 0.2) is 0 Å². The average Bonchev–Trinajstić information content (AvgIpc) is 2.72. The maximum atomic E-state index is 12.6. The number of amides is 2. The van der Waals surface area contributed by atoms with E-state index in [9.17, 15) is 14.7 Å². The normalized spacial score (nSPS) is 11.8. The highest BCUT2D eigenvalue weighted by molar-refractivity contribution is 5.89. The van der Waals surface area contributed by atoms with Crippen LogP contribution in [0.4, 0.5) is 0 Å². The first-order valence-corrected chi connectivity index (χ1v) is 9.23. The van der Waals surface area contributed by atoms with Crippen molar-refractivity contribution in [1.29, 1.82) is 0 Å². The molecule has 3 rings (SSSR count). The van der Waals surface area contributed by atoms with Crippen molar-refractivity contribution >= 4 is 22.6 Å². The number of likely N-dealkylation sites (N-methyl/N-ethyl adjacent to an activating group) is 1. The highest BCUT2D eigenvalue weighted by atomic mass is 16.3. The fourth-order valence-electron chi connectivity index (χ4n) is 3.17. The Hall–Kier alpha value is -3.18. The minimum absolute atomic E-state index is 0.150. The Balaban J connectivity index is 1.60. The number of hydrogen-bond acceptors (Lipinski definition) is 3. The molecule has 1 atom stereocenters. The number of rotatable bonds is 7. The minimum Gasteiger partial charge on any atom is -0.394 e. The number of nitrogens with zero attached hydrogens (tertiary/aromatic N) is 1. The van der Waals surface area contributed by atoms with Gasteiger partial charge in [-0.3, -0.25) is 9.59 Å². The fraction of sp³-hybridized carbons (Fsp3) is 0.217. The molecule has 0 aromatic heterocycles.